The van der Waals surface area contributed by atoms with E-state index in [0.717, 1.165) is 0 Å². The molecule has 0 N–H and O–H groups in total. The number of rotatable bonds is 0. The quantitative estimate of drug-likeness (QED) is 0.568. The van der Waals surface area contributed by atoms with E-state index in [4.69, 9.17) is 0 Å². The maximum atomic E-state index is 2.01. The zero-order valence-electron chi connectivity index (χ0n) is 2.51. The van der Waals surface area contributed by atoms with Gasteiger partial charge < -0.3 is 0 Å². The van der Waals surface area contributed by atoms with E-state index in [1.165, 1.54) is 0 Å². The van der Waals surface area contributed by atoms with Crippen LogP contribution < -0.4 is 0 Å². The summed E-state index contributed by atoms with van der Waals surface area (Å²) in [5.41, 5.74) is 0. The first-order valence-corrected chi connectivity index (χ1v) is 2.42. The van der Waals surface area contributed by atoms with Crippen LogP contribution in [0.25, 0.3) is 0 Å². The van der Waals surface area contributed by atoms with Crippen LogP contribution in [0.4, 0.5) is 0 Å². The molecule has 4 heteroatoms. The molecule has 0 unspecified atom stereocenters. The molecule has 0 spiro atoms. The van der Waals surface area contributed by atoms with Crippen LogP contribution in [0, 0.1) is 0 Å². The molecular formula is CH3CrMnMoNi. The third-order valence-corrected chi connectivity index (χ3v) is 0. The van der Waals surface area contributed by atoms with Crippen LogP contribution in [0.5, 0.6) is 0 Å². The molecule has 5 heavy (non-hydrogen) atoms. The van der Waals surface area contributed by atoms with Crippen molar-refractivity contribution in [2.45, 2.75) is 5.31 Å². The molecule has 0 atom stereocenters. The van der Waals surface area contributed by atoms with Crippen molar-refractivity contribution in [3.63, 3.8) is 0 Å². The summed E-state index contributed by atoms with van der Waals surface area (Å²) in [5.74, 6) is 0. The van der Waals surface area contributed by atoms with Crippen molar-refractivity contribution in [1.29, 1.82) is 0 Å². The van der Waals surface area contributed by atoms with Crippen molar-refractivity contribution in [1.82, 2.24) is 0 Å². The molecule has 0 aromatic carbocycles. The molecule has 0 saturated heterocycles. The van der Waals surface area contributed by atoms with E-state index in [2.05, 4.69) is 0 Å². The Bertz CT molecular complexity index is 11.6. The third-order valence-electron chi connectivity index (χ3n) is 0. The van der Waals surface area contributed by atoms with E-state index in [-0.39, 0.29) is 50.9 Å². The van der Waals surface area contributed by atoms with Crippen molar-refractivity contribution >= 4 is 0 Å². The molecule has 0 aliphatic carbocycles. The molecule has 0 bridgehead atoms. The van der Waals surface area contributed by atoms with Crippen molar-refractivity contribution in [3.05, 3.63) is 0 Å². The van der Waals surface area contributed by atoms with Crippen LogP contribution in [0.1, 0.15) is 0 Å². The van der Waals surface area contributed by atoms with E-state index in [1.54, 1.807) is 0 Å². The van der Waals surface area contributed by atoms with Crippen molar-refractivity contribution in [2.24, 2.45) is 0 Å². The van der Waals surface area contributed by atoms with Crippen LogP contribution in [0.3, 0.4) is 0 Å². The predicted octanol–water partition coefficient (Wildman–Crippen LogP) is 0.574. The Morgan fingerprint density at radius 1 is 1.20 bits per heavy atom. The monoisotopic (exact) mass is 278 g/mol. The first-order chi connectivity index (χ1) is 1.00. The van der Waals surface area contributed by atoms with Gasteiger partial charge in [-0.3, -0.25) is 0 Å². The van der Waals surface area contributed by atoms with Gasteiger partial charge in [0, 0.05) is 50.9 Å². The van der Waals surface area contributed by atoms with Crippen LogP contribution >= 0.6 is 0 Å². The van der Waals surface area contributed by atoms with Gasteiger partial charge in [-0.15, -0.1) is 0 Å². The summed E-state index contributed by atoms with van der Waals surface area (Å²) in [6.45, 7) is 0. The molecule has 0 aromatic rings. The van der Waals surface area contributed by atoms with Crippen molar-refractivity contribution in [3.8, 4) is 0 Å². The maximum absolute atomic E-state index is 2.01. The summed E-state index contributed by atoms with van der Waals surface area (Å²) < 4.78 is 0. The molecule has 0 heterocycles. The van der Waals surface area contributed by atoms with Crippen LogP contribution in [-0.4, -0.2) is 0 Å². The fraction of sp³-hybridized carbons (Fsp3) is 1.00. The Hall–Kier alpha value is 2.23. The predicted molar refractivity (Wildman–Crippen MR) is 5.86 cm³/mol. The Morgan fingerprint density at radius 2 is 1.20 bits per heavy atom. The van der Waals surface area contributed by atoms with Gasteiger partial charge in [-0.2, -0.15) is 0 Å². The zero-order valence-corrected chi connectivity index (χ0v) is 7.96. The van der Waals surface area contributed by atoms with Crippen LogP contribution in [-0.2, 0) is 70.7 Å². The SMILES string of the molecule is [CH3][Mo].[Cr].[Mn].[Ni]. The van der Waals surface area contributed by atoms with Gasteiger partial charge in [0.15, 0.2) is 0 Å². The largest absolute Gasteiger partial charge is 0 e. The average molecular weight is 277 g/mol. The summed E-state index contributed by atoms with van der Waals surface area (Å²) >= 11 is 1.95. The van der Waals surface area contributed by atoms with E-state index in [1.807, 2.05) is 25.1 Å². The Morgan fingerprint density at radius 3 is 1.20 bits per heavy atom. The molecule has 1 radical (unpaired) electrons. The third kappa shape index (κ3) is 22.4. The molecular weight excluding hydrogens is 274 g/mol. The summed E-state index contributed by atoms with van der Waals surface area (Å²) in [5, 5.41) is 2.01. The van der Waals surface area contributed by atoms with Gasteiger partial charge in [0.2, 0.25) is 0 Å². The van der Waals surface area contributed by atoms with E-state index in [0.29, 0.717) is 0 Å². The Kier molecular flexibility index (Phi) is 184. The van der Waals surface area contributed by atoms with Crippen molar-refractivity contribution < 1.29 is 70.7 Å². The minimum atomic E-state index is 0. The van der Waals surface area contributed by atoms with Gasteiger partial charge in [-0.1, -0.05) is 0 Å². The first-order valence-electron chi connectivity index (χ1n) is 0.408. The van der Waals surface area contributed by atoms with Gasteiger partial charge >= 0.3 is 25.1 Å². The summed E-state index contributed by atoms with van der Waals surface area (Å²) in [4.78, 5) is 0. The second kappa shape index (κ2) is 34.2. The maximum Gasteiger partial charge on any atom is 0 e. The fourth-order valence-corrected chi connectivity index (χ4v) is 0. The number of hydrogen-bond acceptors (Lipinski definition) is 0. The summed E-state index contributed by atoms with van der Waals surface area (Å²) in [6, 6.07) is 0. The smallest absolute Gasteiger partial charge is 0 e. The Labute approximate surface area is 75.3 Å². The number of hydrogen-bond donors (Lipinski definition) is 0. The molecule has 0 aromatic heterocycles. The molecule has 0 aliphatic heterocycles. The van der Waals surface area contributed by atoms with Gasteiger partial charge in [-0.25, -0.2) is 0 Å². The molecule has 0 amide bonds. The molecule has 0 nitrogen and oxygen atoms in total. The standard InChI is InChI=1S/CH3.Cr.Mn.Mo.Ni/h1H3;;;;. The van der Waals surface area contributed by atoms with Gasteiger partial charge in [-0.05, 0) is 0 Å². The molecule has 36 valence electrons. The van der Waals surface area contributed by atoms with E-state index < -0.39 is 0 Å². The first kappa shape index (κ1) is 26.9. The zero-order chi connectivity index (χ0) is 2.00. The minimum absolute atomic E-state index is 0. The van der Waals surface area contributed by atoms with Gasteiger partial charge in [0.05, 0.1) is 0 Å². The molecule has 0 fully saturated rings. The second-order valence-corrected chi connectivity index (χ2v) is 0. The topological polar surface area (TPSA) is 0 Å². The fourth-order valence-electron chi connectivity index (χ4n) is 0. The summed E-state index contributed by atoms with van der Waals surface area (Å²) in [7, 11) is 0. The second-order valence-electron chi connectivity index (χ2n) is 0. The average Bonchev–Trinajstić information content (AvgIpc) is 1.00. The molecule has 0 rings (SSSR count). The normalized spacial score (nSPS) is 1.00. The van der Waals surface area contributed by atoms with Crippen LogP contribution in [0.2, 0.25) is 5.31 Å². The van der Waals surface area contributed by atoms with Crippen LogP contribution in [0.15, 0.2) is 0 Å². The van der Waals surface area contributed by atoms with Gasteiger partial charge in [0.25, 0.3) is 0 Å². The van der Waals surface area contributed by atoms with E-state index >= 15 is 0 Å². The molecule has 0 saturated carbocycles. The van der Waals surface area contributed by atoms with E-state index in [9.17, 15) is 0 Å². The minimum Gasteiger partial charge on any atom is 0 e. The van der Waals surface area contributed by atoms with Crippen molar-refractivity contribution in [2.75, 3.05) is 0 Å². The molecule has 0 aliphatic rings. The summed E-state index contributed by atoms with van der Waals surface area (Å²) in [6.07, 6.45) is 0. The Balaban J connectivity index is -0.00000000167. The van der Waals surface area contributed by atoms with Gasteiger partial charge in [0.1, 0.15) is 0 Å².